The van der Waals surface area contributed by atoms with E-state index in [1.54, 1.807) is 7.11 Å². The van der Waals surface area contributed by atoms with Gasteiger partial charge in [0.05, 0.1) is 11.9 Å². The molecule has 0 aromatic heterocycles. The molecule has 0 saturated heterocycles. The van der Waals surface area contributed by atoms with Gasteiger partial charge in [0.15, 0.2) is 11.5 Å². The van der Waals surface area contributed by atoms with E-state index in [9.17, 15) is 0 Å². The molecule has 2 aromatic rings. The Hall–Kier alpha value is -1.68. The van der Waals surface area contributed by atoms with Crippen molar-refractivity contribution in [3.63, 3.8) is 0 Å². The molecule has 3 nitrogen and oxygen atoms in total. The number of benzene rings is 2. The van der Waals surface area contributed by atoms with Crippen LogP contribution in [-0.4, -0.2) is 20.3 Å². The molecule has 104 valence electrons. The molecule has 2 aromatic carbocycles. The molecule has 0 radical (unpaired) electrons. The Kier molecular flexibility index (Phi) is 3.83. The average Bonchev–Trinajstić information content (AvgIpc) is 2.53. The average molecular weight is 335 g/mol. The molecule has 0 amide bonds. The van der Waals surface area contributed by atoms with Gasteiger partial charge in [0.1, 0.15) is 19.0 Å². The topological polar surface area (TPSA) is 27.7 Å². The van der Waals surface area contributed by atoms with Crippen molar-refractivity contribution in [3.8, 4) is 17.2 Å². The lowest BCUT2D eigenvalue weighted by molar-refractivity contribution is 0.171. The third-order valence-corrected chi connectivity index (χ3v) is 4.30. The lowest BCUT2D eigenvalue weighted by Crippen LogP contribution is -2.15. The van der Waals surface area contributed by atoms with Crippen molar-refractivity contribution < 1.29 is 14.2 Å². The molecule has 1 aliphatic heterocycles. The first-order valence-corrected chi connectivity index (χ1v) is 7.37. The van der Waals surface area contributed by atoms with Crippen molar-refractivity contribution in [2.24, 2.45) is 0 Å². The Morgan fingerprint density at radius 1 is 1.00 bits per heavy atom. The van der Waals surface area contributed by atoms with Crippen LogP contribution in [0.2, 0.25) is 0 Å². The van der Waals surface area contributed by atoms with E-state index in [0.29, 0.717) is 13.2 Å². The number of ether oxygens (including phenoxy) is 3. The standard InChI is InChI=1S/C16H15BrO3/c1-18-13-4-2-3-11(9-13)16(17)12-5-6-14-15(10-12)20-8-7-19-14/h2-6,9-10,16H,7-8H2,1H3. The van der Waals surface area contributed by atoms with Crippen molar-refractivity contribution in [2.75, 3.05) is 20.3 Å². The van der Waals surface area contributed by atoms with Gasteiger partial charge in [-0.3, -0.25) is 0 Å². The molecule has 20 heavy (non-hydrogen) atoms. The van der Waals surface area contributed by atoms with Gasteiger partial charge in [0.25, 0.3) is 0 Å². The maximum absolute atomic E-state index is 5.62. The molecule has 1 unspecified atom stereocenters. The van der Waals surface area contributed by atoms with Crippen molar-refractivity contribution in [3.05, 3.63) is 53.6 Å². The number of alkyl halides is 1. The molecule has 0 saturated carbocycles. The summed E-state index contributed by atoms with van der Waals surface area (Å²) < 4.78 is 16.4. The molecule has 1 heterocycles. The highest BCUT2D eigenvalue weighted by Crippen LogP contribution is 2.38. The second kappa shape index (κ2) is 5.75. The lowest BCUT2D eigenvalue weighted by Gasteiger charge is -2.20. The first kappa shape index (κ1) is 13.3. The Morgan fingerprint density at radius 3 is 2.55 bits per heavy atom. The molecule has 0 aliphatic carbocycles. The van der Waals surface area contributed by atoms with E-state index in [0.717, 1.165) is 28.4 Å². The fourth-order valence-corrected chi connectivity index (χ4v) is 2.78. The van der Waals surface area contributed by atoms with Crippen LogP contribution in [0, 0.1) is 0 Å². The molecule has 0 spiro atoms. The Labute approximate surface area is 126 Å². The van der Waals surface area contributed by atoms with Gasteiger partial charge >= 0.3 is 0 Å². The van der Waals surface area contributed by atoms with Gasteiger partial charge < -0.3 is 14.2 Å². The van der Waals surface area contributed by atoms with E-state index >= 15 is 0 Å². The van der Waals surface area contributed by atoms with Crippen molar-refractivity contribution in [1.29, 1.82) is 0 Å². The van der Waals surface area contributed by atoms with E-state index in [1.807, 2.05) is 36.4 Å². The minimum absolute atomic E-state index is 0.0911. The van der Waals surface area contributed by atoms with Crippen LogP contribution in [0.25, 0.3) is 0 Å². The molecule has 3 rings (SSSR count). The maximum Gasteiger partial charge on any atom is 0.161 e. The highest BCUT2D eigenvalue weighted by atomic mass is 79.9. The summed E-state index contributed by atoms with van der Waals surface area (Å²) in [6.07, 6.45) is 0. The molecule has 0 bridgehead atoms. The number of hydrogen-bond donors (Lipinski definition) is 0. The van der Waals surface area contributed by atoms with Crippen LogP contribution in [0.3, 0.4) is 0 Å². The predicted octanol–water partition coefficient (Wildman–Crippen LogP) is 3.95. The zero-order valence-electron chi connectivity index (χ0n) is 11.1. The molecule has 1 aliphatic rings. The van der Waals surface area contributed by atoms with Crippen LogP contribution < -0.4 is 14.2 Å². The van der Waals surface area contributed by atoms with Gasteiger partial charge in [-0.25, -0.2) is 0 Å². The maximum atomic E-state index is 5.62. The molecule has 0 fully saturated rings. The van der Waals surface area contributed by atoms with Crippen molar-refractivity contribution >= 4 is 15.9 Å². The molecule has 1 atom stereocenters. The van der Waals surface area contributed by atoms with Crippen LogP contribution in [0.5, 0.6) is 17.2 Å². The quantitative estimate of drug-likeness (QED) is 0.795. The highest BCUT2D eigenvalue weighted by Gasteiger charge is 2.16. The van der Waals surface area contributed by atoms with Crippen molar-refractivity contribution in [2.45, 2.75) is 4.83 Å². The third kappa shape index (κ3) is 2.61. The lowest BCUT2D eigenvalue weighted by atomic mass is 10.0. The Morgan fingerprint density at radius 2 is 1.75 bits per heavy atom. The summed E-state index contributed by atoms with van der Waals surface area (Å²) in [4.78, 5) is 0.0911. The summed E-state index contributed by atoms with van der Waals surface area (Å²) in [6, 6.07) is 14.0. The smallest absolute Gasteiger partial charge is 0.161 e. The largest absolute Gasteiger partial charge is 0.497 e. The van der Waals surface area contributed by atoms with E-state index in [1.165, 1.54) is 0 Å². The molecular formula is C16H15BrO3. The van der Waals surface area contributed by atoms with E-state index < -0.39 is 0 Å². The van der Waals surface area contributed by atoms with Gasteiger partial charge in [-0.2, -0.15) is 0 Å². The number of halogens is 1. The van der Waals surface area contributed by atoms with Crippen LogP contribution in [0.4, 0.5) is 0 Å². The summed E-state index contributed by atoms with van der Waals surface area (Å²) in [5, 5.41) is 0. The van der Waals surface area contributed by atoms with Crippen molar-refractivity contribution in [1.82, 2.24) is 0 Å². The number of hydrogen-bond acceptors (Lipinski definition) is 3. The van der Waals surface area contributed by atoms with Gasteiger partial charge in [-0.05, 0) is 35.4 Å². The van der Waals surface area contributed by atoms with Crippen LogP contribution in [-0.2, 0) is 0 Å². The Bertz CT molecular complexity index is 612. The summed E-state index contributed by atoms with van der Waals surface area (Å²) in [7, 11) is 1.67. The second-order valence-electron chi connectivity index (χ2n) is 4.54. The first-order valence-electron chi connectivity index (χ1n) is 6.45. The fraction of sp³-hybridized carbons (Fsp3) is 0.250. The van der Waals surface area contributed by atoms with Crippen LogP contribution in [0.1, 0.15) is 16.0 Å². The fourth-order valence-electron chi connectivity index (χ4n) is 2.21. The zero-order valence-corrected chi connectivity index (χ0v) is 12.7. The van der Waals surface area contributed by atoms with Gasteiger partial charge in [0.2, 0.25) is 0 Å². The SMILES string of the molecule is COc1cccc(C(Br)c2ccc3c(c2)OCCO3)c1. The summed E-state index contributed by atoms with van der Waals surface area (Å²) in [5.74, 6) is 2.47. The predicted molar refractivity (Wildman–Crippen MR) is 81.2 cm³/mol. The summed E-state index contributed by atoms with van der Waals surface area (Å²) in [6.45, 7) is 1.21. The third-order valence-electron chi connectivity index (χ3n) is 3.25. The Balaban J connectivity index is 1.91. The minimum Gasteiger partial charge on any atom is -0.497 e. The van der Waals surface area contributed by atoms with Gasteiger partial charge in [-0.1, -0.05) is 34.1 Å². The molecule has 0 N–H and O–H groups in total. The molecular weight excluding hydrogens is 320 g/mol. The number of methoxy groups -OCH3 is 1. The monoisotopic (exact) mass is 334 g/mol. The number of rotatable bonds is 3. The second-order valence-corrected chi connectivity index (χ2v) is 5.46. The summed E-state index contributed by atoms with van der Waals surface area (Å²) >= 11 is 3.73. The molecule has 4 heteroatoms. The van der Waals surface area contributed by atoms with E-state index in [-0.39, 0.29) is 4.83 Å². The van der Waals surface area contributed by atoms with Crippen LogP contribution >= 0.6 is 15.9 Å². The van der Waals surface area contributed by atoms with Gasteiger partial charge in [-0.15, -0.1) is 0 Å². The highest BCUT2D eigenvalue weighted by molar-refractivity contribution is 9.09. The van der Waals surface area contributed by atoms with Gasteiger partial charge in [0, 0.05) is 0 Å². The zero-order chi connectivity index (χ0) is 13.9. The first-order chi connectivity index (χ1) is 9.78. The summed E-state index contributed by atoms with van der Waals surface area (Å²) in [5.41, 5.74) is 2.27. The van der Waals surface area contributed by atoms with Crippen LogP contribution in [0.15, 0.2) is 42.5 Å². The minimum atomic E-state index is 0.0911. The normalized spacial score (nSPS) is 14.7. The van der Waals surface area contributed by atoms with E-state index in [4.69, 9.17) is 14.2 Å². The number of fused-ring (bicyclic) bond motifs is 1. The van der Waals surface area contributed by atoms with E-state index in [2.05, 4.69) is 22.0 Å².